The zero-order valence-corrected chi connectivity index (χ0v) is 11.8. The van der Waals surface area contributed by atoms with Gasteiger partial charge in [-0.05, 0) is 30.9 Å². The highest BCUT2D eigenvalue weighted by Crippen LogP contribution is 2.36. The Balaban J connectivity index is 1.85. The molecule has 0 bridgehead atoms. The summed E-state index contributed by atoms with van der Waals surface area (Å²) < 4.78 is 38.0. The largest absolute Gasteiger partial charge is 0.496 e. The molecule has 1 atom stereocenters. The van der Waals surface area contributed by atoms with Gasteiger partial charge in [-0.15, -0.1) is 0 Å². The van der Waals surface area contributed by atoms with Crippen molar-refractivity contribution < 1.29 is 23.0 Å². The Morgan fingerprint density at radius 3 is 2.81 bits per heavy atom. The Kier molecular flexibility index (Phi) is 3.80. The van der Waals surface area contributed by atoms with Crippen LogP contribution in [-0.2, 0) is 4.74 Å². The smallest absolute Gasteiger partial charge is 0.260 e. The van der Waals surface area contributed by atoms with Gasteiger partial charge in [-0.3, -0.25) is 4.79 Å². The summed E-state index contributed by atoms with van der Waals surface area (Å²) in [7, 11) is 1.33. The summed E-state index contributed by atoms with van der Waals surface area (Å²) in [5.74, 6) is -2.22. The standard InChI is InChI=1S/C15H17F2NO3/c1-20-11-5-4-10(16)14(17)13(11)15(19)18-6-7-21-12(8-18)9-2-3-9/h4-5,9,12H,2-3,6-8H2,1H3/t12-/m1/s1. The molecule has 4 nitrogen and oxygen atoms in total. The van der Waals surface area contributed by atoms with Crippen LogP contribution in [0.15, 0.2) is 12.1 Å². The van der Waals surface area contributed by atoms with Crippen molar-refractivity contribution in [3.05, 3.63) is 29.3 Å². The molecule has 1 aromatic carbocycles. The number of hydrogen-bond donors (Lipinski definition) is 0. The predicted octanol–water partition coefficient (Wildman–Crippen LogP) is 2.22. The Bertz CT molecular complexity index is 560. The fourth-order valence-electron chi connectivity index (χ4n) is 2.67. The molecular formula is C15H17F2NO3. The lowest BCUT2D eigenvalue weighted by molar-refractivity contribution is -0.0316. The van der Waals surface area contributed by atoms with Crippen molar-refractivity contribution in [2.24, 2.45) is 5.92 Å². The van der Waals surface area contributed by atoms with Crippen LogP contribution in [0.3, 0.4) is 0 Å². The van der Waals surface area contributed by atoms with Crippen LogP contribution < -0.4 is 4.74 Å². The summed E-state index contributed by atoms with van der Waals surface area (Å²) >= 11 is 0. The molecule has 6 heteroatoms. The maximum absolute atomic E-state index is 14.0. The van der Waals surface area contributed by atoms with E-state index in [4.69, 9.17) is 9.47 Å². The van der Waals surface area contributed by atoms with E-state index >= 15 is 0 Å². The SMILES string of the molecule is COc1ccc(F)c(F)c1C(=O)N1CCO[C@@H](C2CC2)C1. The average Bonchev–Trinajstić information content (AvgIpc) is 3.34. The number of rotatable bonds is 3. The van der Waals surface area contributed by atoms with Gasteiger partial charge in [0.2, 0.25) is 0 Å². The molecule has 114 valence electrons. The number of carbonyl (C=O) groups is 1. The Morgan fingerprint density at radius 1 is 1.38 bits per heavy atom. The lowest BCUT2D eigenvalue weighted by atomic mass is 10.1. The molecule has 1 saturated heterocycles. The van der Waals surface area contributed by atoms with E-state index in [9.17, 15) is 13.6 Å². The van der Waals surface area contributed by atoms with Crippen molar-refractivity contribution in [1.82, 2.24) is 4.90 Å². The summed E-state index contributed by atoms with van der Waals surface area (Å²) in [6.45, 7) is 1.22. The third-order valence-electron chi connectivity index (χ3n) is 4.02. The maximum Gasteiger partial charge on any atom is 0.260 e. The van der Waals surface area contributed by atoms with Crippen LogP contribution in [-0.4, -0.2) is 43.7 Å². The normalized spacial score (nSPS) is 22.2. The highest BCUT2D eigenvalue weighted by atomic mass is 19.2. The third kappa shape index (κ3) is 2.72. The average molecular weight is 297 g/mol. The van der Waals surface area contributed by atoms with Gasteiger partial charge in [0.1, 0.15) is 11.3 Å². The van der Waals surface area contributed by atoms with Gasteiger partial charge >= 0.3 is 0 Å². The number of nitrogens with zero attached hydrogens (tertiary/aromatic N) is 1. The highest BCUT2D eigenvalue weighted by molar-refractivity contribution is 5.97. The molecule has 2 fully saturated rings. The number of hydrogen-bond acceptors (Lipinski definition) is 3. The summed E-state index contributed by atoms with van der Waals surface area (Å²) in [5.41, 5.74) is -0.339. The zero-order valence-electron chi connectivity index (χ0n) is 11.8. The second kappa shape index (κ2) is 5.60. The molecule has 2 aliphatic rings. The molecule has 0 radical (unpaired) electrons. The first kappa shape index (κ1) is 14.3. The van der Waals surface area contributed by atoms with Crippen LogP contribution in [0.5, 0.6) is 5.75 Å². The number of ether oxygens (including phenoxy) is 2. The van der Waals surface area contributed by atoms with Crippen molar-refractivity contribution >= 4 is 5.91 Å². The van der Waals surface area contributed by atoms with Crippen molar-refractivity contribution in [3.63, 3.8) is 0 Å². The molecular weight excluding hydrogens is 280 g/mol. The molecule has 1 saturated carbocycles. The van der Waals surface area contributed by atoms with E-state index in [2.05, 4.69) is 0 Å². The first-order valence-corrected chi connectivity index (χ1v) is 7.04. The van der Waals surface area contributed by atoms with Gasteiger partial charge in [-0.25, -0.2) is 8.78 Å². The van der Waals surface area contributed by atoms with E-state index in [0.29, 0.717) is 25.6 Å². The second-order valence-electron chi connectivity index (χ2n) is 5.44. The van der Waals surface area contributed by atoms with E-state index in [1.165, 1.54) is 18.1 Å². The summed E-state index contributed by atoms with van der Waals surface area (Å²) in [6.07, 6.45) is 2.21. The van der Waals surface area contributed by atoms with Gasteiger partial charge in [0.25, 0.3) is 5.91 Å². The number of methoxy groups -OCH3 is 1. The lowest BCUT2D eigenvalue weighted by Gasteiger charge is -2.33. The molecule has 1 heterocycles. The fraction of sp³-hybridized carbons (Fsp3) is 0.533. The van der Waals surface area contributed by atoms with E-state index in [-0.39, 0.29) is 17.4 Å². The monoisotopic (exact) mass is 297 g/mol. The van der Waals surface area contributed by atoms with Gasteiger partial charge in [0.05, 0.1) is 19.8 Å². The van der Waals surface area contributed by atoms with E-state index in [1.54, 1.807) is 0 Å². The molecule has 0 aromatic heterocycles. The van der Waals surface area contributed by atoms with Crippen LogP contribution >= 0.6 is 0 Å². The fourth-order valence-corrected chi connectivity index (χ4v) is 2.67. The first-order valence-electron chi connectivity index (χ1n) is 7.04. The van der Waals surface area contributed by atoms with E-state index in [0.717, 1.165) is 18.9 Å². The summed E-state index contributed by atoms with van der Waals surface area (Å²) in [6, 6.07) is 2.22. The molecule has 0 unspecified atom stereocenters. The molecule has 1 amide bonds. The third-order valence-corrected chi connectivity index (χ3v) is 4.02. The van der Waals surface area contributed by atoms with Gasteiger partial charge in [-0.1, -0.05) is 0 Å². The van der Waals surface area contributed by atoms with Gasteiger partial charge in [-0.2, -0.15) is 0 Å². The lowest BCUT2D eigenvalue weighted by Crippen LogP contribution is -2.46. The minimum Gasteiger partial charge on any atom is -0.496 e. The van der Waals surface area contributed by atoms with E-state index < -0.39 is 17.5 Å². The number of halogens is 2. The second-order valence-corrected chi connectivity index (χ2v) is 5.44. The Labute approximate surface area is 121 Å². The zero-order chi connectivity index (χ0) is 15.0. The van der Waals surface area contributed by atoms with Crippen molar-refractivity contribution in [1.29, 1.82) is 0 Å². The Hall–Kier alpha value is -1.69. The molecule has 21 heavy (non-hydrogen) atoms. The number of benzene rings is 1. The van der Waals surface area contributed by atoms with Crippen LogP contribution in [0, 0.1) is 17.6 Å². The van der Waals surface area contributed by atoms with Crippen LogP contribution in [0.25, 0.3) is 0 Å². The maximum atomic E-state index is 14.0. The topological polar surface area (TPSA) is 38.8 Å². The number of amides is 1. The minimum absolute atomic E-state index is 0.00492. The molecule has 0 N–H and O–H groups in total. The Morgan fingerprint density at radius 2 is 2.14 bits per heavy atom. The van der Waals surface area contributed by atoms with Gasteiger partial charge in [0.15, 0.2) is 11.6 Å². The molecule has 1 aromatic rings. The minimum atomic E-state index is -1.16. The van der Waals surface area contributed by atoms with Crippen molar-refractivity contribution in [3.8, 4) is 5.75 Å². The van der Waals surface area contributed by atoms with Crippen LogP contribution in [0.1, 0.15) is 23.2 Å². The first-order chi connectivity index (χ1) is 10.1. The molecule has 1 aliphatic carbocycles. The highest BCUT2D eigenvalue weighted by Gasteiger charge is 2.37. The molecule has 1 aliphatic heterocycles. The van der Waals surface area contributed by atoms with Crippen LogP contribution in [0.4, 0.5) is 8.78 Å². The van der Waals surface area contributed by atoms with Crippen LogP contribution in [0.2, 0.25) is 0 Å². The number of morpholine rings is 1. The quantitative estimate of drug-likeness (QED) is 0.859. The van der Waals surface area contributed by atoms with Gasteiger partial charge in [0, 0.05) is 13.1 Å². The summed E-state index contributed by atoms with van der Waals surface area (Å²) in [5, 5.41) is 0. The predicted molar refractivity (Wildman–Crippen MR) is 71.3 cm³/mol. The van der Waals surface area contributed by atoms with Gasteiger partial charge < -0.3 is 14.4 Å². The molecule has 0 spiro atoms. The van der Waals surface area contributed by atoms with E-state index in [1.807, 2.05) is 0 Å². The van der Waals surface area contributed by atoms with Crippen molar-refractivity contribution in [2.45, 2.75) is 18.9 Å². The summed E-state index contributed by atoms with van der Waals surface area (Å²) in [4.78, 5) is 14.0. The molecule has 3 rings (SSSR count). The number of carbonyl (C=O) groups excluding carboxylic acids is 1. The van der Waals surface area contributed by atoms with Crippen molar-refractivity contribution in [2.75, 3.05) is 26.8 Å².